The van der Waals surface area contributed by atoms with Gasteiger partial charge in [-0.05, 0) is 25.8 Å². The summed E-state index contributed by atoms with van der Waals surface area (Å²) >= 11 is 0. The van der Waals surface area contributed by atoms with Gasteiger partial charge in [0.15, 0.2) is 0 Å². The van der Waals surface area contributed by atoms with Crippen molar-refractivity contribution in [2.45, 2.75) is 31.8 Å². The lowest BCUT2D eigenvalue weighted by molar-refractivity contribution is -0.147. The fourth-order valence-electron chi connectivity index (χ4n) is 2.33. The molecule has 1 unspecified atom stereocenters. The Morgan fingerprint density at radius 3 is 2.89 bits per heavy atom. The van der Waals surface area contributed by atoms with E-state index in [0.29, 0.717) is 25.9 Å². The van der Waals surface area contributed by atoms with Crippen LogP contribution in [0.2, 0.25) is 0 Å². The Labute approximate surface area is 111 Å². The summed E-state index contributed by atoms with van der Waals surface area (Å²) < 4.78 is 1.65. The summed E-state index contributed by atoms with van der Waals surface area (Å²) in [7, 11) is 1.80. The molecule has 2 N–H and O–H groups in total. The highest BCUT2D eigenvalue weighted by atomic mass is 16.4. The molecule has 1 aromatic heterocycles. The first kappa shape index (κ1) is 13.4. The molecule has 1 atom stereocenters. The van der Waals surface area contributed by atoms with Crippen molar-refractivity contribution < 1.29 is 14.7 Å². The van der Waals surface area contributed by atoms with Gasteiger partial charge < -0.3 is 15.3 Å². The van der Waals surface area contributed by atoms with Crippen LogP contribution in [0.25, 0.3) is 0 Å². The molecule has 1 aromatic rings. The number of aryl methyl sites for hydroxylation is 1. The zero-order chi connectivity index (χ0) is 14.0. The number of carboxylic acids is 1. The van der Waals surface area contributed by atoms with Crippen LogP contribution in [-0.2, 0) is 18.4 Å². The fraction of sp³-hybridized carbons (Fsp3) is 0.583. The van der Waals surface area contributed by atoms with E-state index in [1.165, 1.54) is 4.90 Å². The number of urea groups is 1. The van der Waals surface area contributed by atoms with Gasteiger partial charge in [-0.15, -0.1) is 0 Å². The second-order valence-corrected chi connectivity index (χ2v) is 4.97. The number of aliphatic carboxylic acids is 1. The minimum atomic E-state index is -1.10. The first-order valence-electron chi connectivity index (χ1n) is 6.21. The molecule has 2 amide bonds. The quantitative estimate of drug-likeness (QED) is 0.837. The minimum Gasteiger partial charge on any atom is -0.480 e. The topological polar surface area (TPSA) is 87.5 Å². The first-order chi connectivity index (χ1) is 8.93. The molecular weight excluding hydrogens is 248 g/mol. The van der Waals surface area contributed by atoms with Gasteiger partial charge in [0, 0.05) is 19.8 Å². The summed E-state index contributed by atoms with van der Waals surface area (Å²) in [6.07, 6.45) is 2.98. The minimum absolute atomic E-state index is 0.297. The van der Waals surface area contributed by atoms with Crippen molar-refractivity contribution in [2.24, 2.45) is 7.05 Å². The van der Waals surface area contributed by atoms with Crippen molar-refractivity contribution in [2.75, 3.05) is 6.54 Å². The summed E-state index contributed by atoms with van der Waals surface area (Å²) in [5.74, 6) is -0.960. The third-order valence-electron chi connectivity index (χ3n) is 3.54. The molecule has 1 saturated heterocycles. The smallest absolute Gasteiger partial charge is 0.329 e. The Kier molecular flexibility index (Phi) is 3.46. The lowest BCUT2D eigenvalue weighted by atomic mass is 10.00. The molecule has 7 nitrogen and oxygen atoms in total. The van der Waals surface area contributed by atoms with E-state index in [1.807, 2.05) is 0 Å². The predicted molar refractivity (Wildman–Crippen MR) is 67.4 cm³/mol. The lowest BCUT2D eigenvalue weighted by Crippen LogP contribution is -2.53. The van der Waals surface area contributed by atoms with Crippen molar-refractivity contribution in [3.8, 4) is 0 Å². The Hall–Kier alpha value is -2.05. The monoisotopic (exact) mass is 266 g/mol. The number of carbonyl (C=O) groups is 2. The maximum atomic E-state index is 12.1. The molecule has 0 bridgehead atoms. The summed E-state index contributed by atoms with van der Waals surface area (Å²) in [6.45, 7) is 2.35. The van der Waals surface area contributed by atoms with Crippen LogP contribution < -0.4 is 5.32 Å². The molecular formula is C12H18N4O3. The number of nitrogens with one attached hydrogen (secondary N) is 1. The molecule has 0 aromatic carbocycles. The predicted octanol–water partition coefficient (Wildman–Crippen LogP) is 0.569. The van der Waals surface area contributed by atoms with Crippen molar-refractivity contribution in [3.05, 3.63) is 18.0 Å². The number of rotatable bonds is 3. The number of hydrogen-bond donors (Lipinski definition) is 2. The number of carbonyl (C=O) groups excluding carboxylic acids is 1. The number of amides is 2. The molecule has 7 heteroatoms. The zero-order valence-corrected chi connectivity index (χ0v) is 11.1. The zero-order valence-electron chi connectivity index (χ0n) is 11.1. The van der Waals surface area contributed by atoms with Gasteiger partial charge in [0.25, 0.3) is 0 Å². The Balaban J connectivity index is 1.98. The number of nitrogens with zero attached hydrogens (tertiary/aromatic N) is 3. The molecule has 19 heavy (non-hydrogen) atoms. The molecule has 2 rings (SSSR count). The number of likely N-dealkylation sites (tertiary alicyclic amines) is 1. The summed E-state index contributed by atoms with van der Waals surface area (Å²) in [5, 5.41) is 16.1. The Bertz CT molecular complexity index is 499. The molecule has 0 saturated carbocycles. The normalized spacial score (nSPS) is 22.5. The molecule has 0 spiro atoms. The van der Waals surface area contributed by atoms with Crippen LogP contribution in [0.15, 0.2) is 12.3 Å². The van der Waals surface area contributed by atoms with Gasteiger partial charge in [0.05, 0.1) is 12.2 Å². The van der Waals surface area contributed by atoms with Gasteiger partial charge in [0.1, 0.15) is 5.54 Å². The Morgan fingerprint density at radius 1 is 1.58 bits per heavy atom. The van der Waals surface area contributed by atoms with Crippen molar-refractivity contribution in [1.82, 2.24) is 20.0 Å². The highest BCUT2D eigenvalue weighted by Crippen LogP contribution is 2.29. The third-order valence-corrected chi connectivity index (χ3v) is 3.54. The SMILES string of the molecule is Cn1ccc(CNC(=O)N2CCCC2(C)C(=O)O)n1. The lowest BCUT2D eigenvalue weighted by Gasteiger charge is -2.31. The highest BCUT2D eigenvalue weighted by molar-refractivity contribution is 5.86. The number of hydrogen-bond acceptors (Lipinski definition) is 3. The van der Waals surface area contributed by atoms with E-state index in [9.17, 15) is 14.7 Å². The van der Waals surface area contributed by atoms with E-state index >= 15 is 0 Å². The standard InChI is InChI=1S/C12H18N4O3/c1-12(10(17)18)5-3-6-16(12)11(19)13-8-9-4-7-15(2)14-9/h4,7H,3,5-6,8H2,1-2H3,(H,13,19)(H,17,18). The molecule has 0 aliphatic carbocycles. The first-order valence-corrected chi connectivity index (χ1v) is 6.21. The molecule has 1 aliphatic rings. The molecule has 2 heterocycles. The average Bonchev–Trinajstić information content (AvgIpc) is 2.93. The van der Waals surface area contributed by atoms with E-state index in [0.717, 1.165) is 5.69 Å². The second-order valence-electron chi connectivity index (χ2n) is 4.97. The largest absolute Gasteiger partial charge is 0.480 e. The summed E-state index contributed by atoms with van der Waals surface area (Å²) in [5.41, 5.74) is -0.360. The van der Waals surface area contributed by atoms with Gasteiger partial charge in [-0.2, -0.15) is 5.10 Å². The number of aromatic nitrogens is 2. The second kappa shape index (κ2) is 4.91. The van der Waals surface area contributed by atoms with Crippen LogP contribution in [-0.4, -0.2) is 43.9 Å². The van der Waals surface area contributed by atoms with Crippen molar-refractivity contribution >= 4 is 12.0 Å². The van der Waals surface area contributed by atoms with Crippen molar-refractivity contribution in [1.29, 1.82) is 0 Å². The summed E-state index contributed by atoms with van der Waals surface area (Å²) in [4.78, 5) is 24.7. The molecule has 1 fully saturated rings. The molecule has 1 aliphatic heterocycles. The summed E-state index contributed by atoms with van der Waals surface area (Å²) in [6, 6.07) is 1.45. The van der Waals surface area contributed by atoms with Crippen LogP contribution >= 0.6 is 0 Å². The maximum Gasteiger partial charge on any atom is 0.329 e. The highest BCUT2D eigenvalue weighted by Gasteiger charge is 2.45. The van der Waals surface area contributed by atoms with Crippen LogP contribution in [0.3, 0.4) is 0 Å². The molecule has 104 valence electrons. The number of carboxylic acid groups (broad SMARTS) is 1. The van der Waals surface area contributed by atoms with Gasteiger partial charge >= 0.3 is 12.0 Å². The van der Waals surface area contributed by atoms with Crippen LogP contribution in [0.1, 0.15) is 25.5 Å². The third kappa shape index (κ3) is 2.54. The van der Waals surface area contributed by atoms with E-state index in [4.69, 9.17) is 0 Å². The average molecular weight is 266 g/mol. The van der Waals surface area contributed by atoms with E-state index in [2.05, 4.69) is 10.4 Å². The Morgan fingerprint density at radius 2 is 2.32 bits per heavy atom. The van der Waals surface area contributed by atoms with Gasteiger partial charge in [-0.25, -0.2) is 9.59 Å². The van der Waals surface area contributed by atoms with Gasteiger partial charge in [-0.1, -0.05) is 0 Å². The van der Waals surface area contributed by atoms with Crippen LogP contribution in [0, 0.1) is 0 Å². The fourth-order valence-corrected chi connectivity index (χ4v) is 2.33. The maximum absolute atomic E-state index is 12.1. The van der Waals surface area contributed by atoms with Gasteiger partial charge in [-0.3, -0.25) is 4.68 Å². The van der Waals surface area contributed by atoms with E-state index < -0.39 is 11.5 Å². The van der Waals surface area contributed by atoms with Crippen LogP contribution in [0.5, 0.6) is 0 Å². The van der Waals surface area contributed by atoms with E-state index in [1.54, 1.807) is 30.9 Å². The van der Waals surface area contributed by atoms with Crippen molar-refractivity contribution in [3.63, 3.8) is 0 Å². The molecule has 0 radical (unpaired) electrons. The van der Waals surface area contributed by atoms with Gasteiger partial charge in [0.2, 0.25) is 0 Å². The van der Waals surface area contributed by atoms with E-state index in [-0.39, 0.29) is 6.03 Å². The van der Waals surface area contributed by atoms with Crippen LogP contribution in [0.4, 0.5) is 4.79 Å².